The standard InChI is InChI=1S/C12H16O3/c1-8-4-5-11(10(3)9(8)2)12(14)15-7-6-13/h4-5,13H,6-7H2,1-3H3. The number of aryl methyl sites for hydroxylation is 1. The lowest BCUT2D eigenvalue weighted by molar-refractivity contribution is 0.0433. The molecule has 15 heavy (non-hydrogen) atoms. The van der Waals surface area contributed by atoms with E-state index in [9.17, 15) is 4.79 Å². The van der Waals surface area contributed by atoms with E-state index in [0.29, 0.717) is 5.56 Å². The lowest BCUT2D eigenvalue weighted by atomic mass is 9.99. The molecule has 0 aliphatic carbocycles. The number of ether oxygens (including phenoxy) is 1. The molecule has 0 heterocycles. The maximum atomic E-state index is 11.6. The van der Waals surface area contributed by atoms with Crippen LogP contribution in [-0.2, 0) is 4.74 Å². The predicted octanol–water partition coefficient (Wildman–Crippen LogP) is 1.76. The molecule has 0 aliphatic heterocycles. The van der Waals surface area contributed by atoms with Gasteiger partial charge in [0, 0.05) is 0 Å². The molecular formula is C12H16O3. The van der Waals surface area contributed by atoms with Crippen LogP contribution in [0.2, 0.25) is 0 Å². The van der Waals surface area contributed by atoms with E-state index in [2.05, 4.69) is 0 Å². The molecule has 3 nitrogen and oxygen atoms in total. The Kier molecular flexibility index (Phi) is 3.86. The third-order valence-electron chi connectivity index (χ3n) is 2.60. The molecule has 0 spiro atoms. The SMILES string of the molecule is Cc1ccc(C(=O)OCCO)c(C)c1C. The van der Waals surface area contributed by atoms with Crippen molar-refractivity contribution in [1.29, 1.82) is 0 Å². The zero-order valence-electron chi connectivity index (χ0n) is 9.33. The monoisotopic (exact) mass is 208 g/mol. The van der Waals surface area contributed by atoms with Gasteiger partial charge in [-0.05, 0) is 43.5 Å². The van der Waals surface area contributed by atoms with Gasteiger partial charge in [0.1, 0.15) is 6.61 Å². The van der Waals surface area contributed by atoms with Gasteiger partial charge >= 0.3 is 5.97 Å². The van der Waals surface area contributed by atoms with Crippen LogP contribution in [0, 0.1) is 20.8 Å². The number of hydrogen-bond donors (Lipinski definition) is 1. The third-order valence-corrected chi connectivity index (χ3v) is 2.60. The first-order valence-electron chi connectivity index (χ1n) is 4.92. The molecule has 82 valence electrons. The minimum Gasteiger partial charge on any atom is -0.460 e. The van der Waals surface area contributed by atoms with Crippen LogP contribution in [0.3, 0.4) is 0 Å². The normalized spacial score (nSPS) is 10.1. The lowest BCUT2D eigenvalue weighted by Crippen LogP contribution is -2.11. The van der Waals surface area contributed by atoms with E-state index in [1.54, 1.807) is 6.07 Å². The molecule has 0 saturated heterocycles. The molecule has 0 aliphatic rings. The quantitative estimate of drug-likeness (QED) is 0.770. The topological polar surface area (TPSA) is 46.5 Å². The third kappa shape index (κ3) is 2.57. The summed E-state index contributed by atoms with van der Waals surface area (Å²) in [7, 11) is 0. The molecule has 1 aromatic carbocycles. The average Bonchev–Trinajstić information content (AvgIpc) is 2.23. The number of carbonyl (C=O) groups is 1. The number of esters is 1. The van der Waals surface area contributed by atoms with Crippen LogP contribution in [0.25, 0.3) is 0 Å². The van der Waals surface area contributed by atoms with Crippen LogP contribution in [0.4, 0.5) is 0 Å². The lowest BCUT2D eigenvalue weighted by Gasteiger charge is -2.10. The highest BCUT2D eigenvalue weighted by atomic mass is 16.5. The maximum absolute atomic E-state index is 11.6. The summed E-state index contributed by atoms with van der Waals surface area (Å²) >= 11 is 0. The van der Waals surface area contributed by atoms with Crippen molar-refractivity contribution < 1.29 is 14.6 Å². The fraction of sp³-hybridized carbons (Fsp3) is 0.417. The molecule has 0 fully saturated rings. The van der Waals surface area contributed by atoms with Crippen LogP contribution in [-0.4, -0.2) is 24.3 Å². The van der Waals surface area contributed by atoms with Crippen LogP contribution < -0.4 is 0 Å². The van der Waals surface area contributed by atoms with Crippen LogP contribution in [0.1, 0.15) is 27.0 Å². The van der Waals surface area contributed by atoms with Gasteiger partial charge in [0.25, 0.3) is 0 Å². The minimum atomic E-state index is -0.371. The summed E-state index contributed by atoms with van der Waals surface area (Å²) in [5.74, 6) is -0.371. The molecule has 0 unspecified atom stereocenters. The van der Waals surface area contributed by atoms with E-state index < -0.39 is 0 Å². The van der Waals surface area contributed by atoms with E-state index in [1.165, 1.54) is 0 Å². The van der Waals surface area contributed by atoms with Crippen molar-refractivity contribution in [3.8, 4) is 0 Å². The summed E-state index contributed by atoms with van der Waals surface area (Å²) in [4.78, 5) is 11.6. The van der Waals surface area contributed by atoms with Crippen LogP contribution in [0.5, 0.6) is 0 Å². The first kappa shape index (κ1) is 11.7. The van der Waals surface area contributed by atoms with Crippen molar-refractivity contribution in [3.63, 3.8) is 0 Å². The summed E-state index contributed by atoms with van der Waals surface area (Å²) in [5.41, 5.74) is 3.78. The highest BCUT2D eigenvalue weighted by molar-refractivity contribution is 5.91. The second-order valence-corrected chi connectivity index (χ2v) is 3.54. The second-order valence-electron chi connectivity index (χ2n) is 3.54. The number of rotatable bonds is 3. The van der Waals surface area contributed by atoms with Gasteiger partial charge in [-0.3, -0.25) is 0 Å². The largest absolute Gasteiger partial charge is 0.460 e. The van der Waals surface area contributed by atoms with E-state index in [1.807, 2.05) is 26.8 Å². The Hall–Kier alpha value is -1.35. The fourth-order valence-electron chi connectivity index (χ4n) is 1.39. The Morgan fingerprint density at radius 3 is 2.53 bits per heavy atom. The van der Waals surface area contributed by atoms with Gasteiger partial charge in [0.15, 0.2) is 0 Å². The van der Waals surface area contributed by atoms with Gasteiger partial charge in [-0.25, -0.2) is 4.79 Å². The Labute approximate surface area is 89.7 Å². The number of aliphatic hydroxyl groups is 1. The molecule has 0 aromatic heterocycles. The zero-order valence-corrected chi connectivity index (χ0v) is 9.33. The molecule has 0 saturated carbocycles. The summed E-state index contributed by atoms with van der Waals surface area (Å²) < 4.78 is 4.86. The number of carbonyl (C=O) groups excluding carboxylic acids is 1. The molecule has 0 amide bonds. The van der Waals surface area contributed by atoms with E-state index >= 15 is 0 Å². The minimum absolute atomic E-state index is 0.0468. The highest BCUT2D eigenvalue weighted by Gasteiger charge is 2.12. The van der Waals surface area contributed by atoms with Crippen molar-refractivity contribution >= 4 is 5.97 Å². The molecule has 0 bridgehead atoms. The molecule has 0 atom stereocenters. The van der Waals surface area contributed by atoms with Gasteiger partial charge in [-0.15, -0.1) is 0 Å². The van der Waals surface area contributed by atoms with E-state index in [0.717, 1.165) is 16.7 Å². The first-order chi connectivity index (χ1) is 7.07. The van der Waals surface area contributed by atoms with Crippen molar-refractivity contribution in [3.05, 3.63) is 34.4 Å². The number of aliphatic hydroxyl groups excluding tert-OH is 1. The van der Waals surface area contributed by atoms with Crippen LogP contribution >= 0.6 is 0 Å². The van der Waals surface area contributed by atoms with Crippen molar-refractivity contribution in [2.75, 3.05) is 13.2 Å². The molecule has 3 heteroatoms. The molecule has 1 N–H and O–H groups in total. The number of hydrogen-bond acceptors (Lipinski definition) is 3. The van der Waals surface area contributed by atoms with Gasteiger partial charge in [-0.2, -0.15) is 0 Å². The molecule has 1 rings (SSSR count). The number of benzene rings is 1. The Bertz CT molecular complexity index is 369. The van der Waals surface area contributed by atoms with Crippen molar-refractivity contribution in [1.82, 2.24) is 0 Å². The van der Waals surface area contributed by atoms with Gasteiger partial charge in [0.2, 0.25) is 0 Å². The van der Waals surface area contributed by atoms with Crippen LogP contribution in [0.15, 0.2) is 12.1 Å². The summed E-state index contributed by atoms with van der Waals surface area (Å²) in [6.07, 6.45) is 0. The average molecular weight is 208 g/mol. The van der Waals surface area contributed by atoms with Gasteiger partial charge < -0.3 is 9.84 Å². The molecule has 1 aromatic rings. The second kappa shape index (κ2) is 4.94. The Balaban J connectivity index is 2.95. The fourth-order valence-corrected chi connectivity index (χ4v) is 1.39. The zero-order chi connectivity index (χ0) is 11.4. The van der Waals surface area contributed by atoms with E-state index in [-0.39, 0.29) is 19.2 Å². The summed E-state index contributed by atoms with van der Waals surface area (Å²) in [5, 5.41) is 8.55. The van der Waals surface area contributed by atoms with Crippen molar-refractivity contribution in [2.45, 2.75) is 20.8 Å². The highest BCUT2D eigenvalue weighted by Crippen LogP contribution is 2.17. The summed E-state index contributed by atoms with van der Waals surface area (Å²) in [6.45, 7) is 5.79. The Morgan fingerprint density at radius 2 is 1.93 bits per heavy atom. The maximum Gasteiger partial charge on any atom is 0.338 e. The Morgan fingerprint density at radius 1 is 1.27 bits per heavy atom. The summed E-state index contributed by atoms with van der Waals surface area (Å²) in [6, 6.07) is 3.66. The predicted molar refractivity (Wildman–Crippen MR) is 58.0 cm³/mol. The van der Waals surface area contributed by atoms with Gasteiger partial charge in [0.05, 0.1) is 12.2 Å². The molecular weight excluding hydrogens is 192 g/mol. The molecule has 0 radical (unpaired) electrons. The van der Waals surface area contributed by atoms with Gasteiger partial charge in [-0.1, -0.05) is 6.07 Å². The van der Waals surface area contributed by atoms with Crippen molar-refractivity contribution in [2.24, 2.45) is 0 Å². The van der Waals surface area contributed by atoms with E-state index in [4.69, 9.17) is 9.84 Å². The smallest absolute Gasteiger partial charge is 0.338 e. The first-order valence-corrected chi connectivity index (χ1v) is 4.92.